The molecule has 0 spiro atoms. The van der Waals surface area contributed by atoms with E-state index < -0.39 is 17.8 Å². The second-order valence-corrected chi connectivity index (χ2v) is 4.13. The molecule has 4 nitrogen and oxygen atoms in total. The first-order valence-electron chi connectivity index (χ1n) is 5.85. The van der Waals surface area contributed by atoms with Crippen LogP contribution in [0.25, 0.3) is 6.08 Å². The van der Waals surface area contributed by atoms with Crippen molar-refractivity contribution in [1.82, 2.24) is 9.88 Å². The van der Waals surface area contributed by atoms with Gasteiger partial charge in [-0.15, -0.1) is 0 Å². The van der Waals surface area contributed by atoms with Crippen LogP contribution in [0.1, 0.15) is 28.7 Å². The minimum absolute atomic E-state index is 0.00190. The van der Waals surface area contributed by atoms with Crippen LogP contribution in [0, 0.1) is 0 Å². The monoisotopic (exact) mass is 288 g/mol. The highest BCUT2D eigenvalue weighted by Crippen LogP contribution is 2.28. The van der Waals surface area contributed by atoms with Gasteiger partial charge >= 0.3 is 12.1 Å². The maximum atomic E-state index is 12.6. The highest BCUT2D eigenvalue weighted by Gasteiger charge is 2.33. The van der Waals surface area contributed by atoms with Gasteiger partial charge in [-0.1, -0.05) is 0 Å². The standard InChI is InChI=1S/C13H15F3N2O2/c1-4-20-12(19)9-5-6-11(13(14,15)16)17-10(9)7-8-18(2)3/h5-8H,4H2,1-3H3/b8-7+. The van der Waals surface area contributed by atoms with E-state index in [1.54, 1.807) is 25.9 Å². The van der Waals surface area contributed by atoms with E-state index in [9.17, 15) is 18.0 Å². The molecule has 0 saturated heterocycles. The van der Waals surface area contributed by atoms with Crippen molar-refractivity contribution in [2.45, 2.75) is 13.1 Å². The quantitative estimate of drug-likeness (QED) is 0.799. The van der Waals surface area contributed by atoms with Crippen LogP contribution < -0.4 is 0 Å². The Morgan fingerprint density at radius 3 is 2.55 bits per heavy atom. The molecule has 0 unspecified atom stereocenters. The van der Waals surface area contributed by atoms with Gasteiger partial charge in [0.2, 0.25) is 0 Å². The van der Waals surface area contributed by atoms with Crippen LogP contribution in [0.2, 0.25) is 0 Å². The maximum Gasteiger partial charge on any atom is 0.433 e. The first kappa shape index (κ1) is 16.0. The summed E-state index contributed by atoms with van der Waals surface area (Å²) in [5.74, 6) is -0.702. The minimum atomic E-state index is -4.56. The topological polar surface area (TPSA) is 42.4 Å². The van der Waals surface area contributed by atoms with Crippen molar-refractivity contribution in [2.75, 3.05) is 20.7 Å². The Kier molecular flexibility index (Phi) is 5.12. The molecule has 0 amide bonds. The summed E-state index contributed by atoms with van der Waals surface area (Å²) in [4.78, 5) is 16.8. The van der Waals surface area contributed by atoms with Gasteiger partial charge in [0.15, 0.2) is 0 Å². The lowest BCUT2D eigenvalue weighted by atomic mass is 10.1. The molecular weight excluding hydrogens is 273 g/mol. The molecular formula is C13H15F3N2O2. The largest absolute Gasteiger partial charge is 0.462 e. The van der Waals surface area contributed by atoms with Crippen LogP contribution in [0.15, 0.2) is 18.3 Å². The zero-order chi connectivity index (χ0) is 15.3. The molecule has 0 aromatic carbocycles. The molecule has 20 heavy (non-hydrogen) atoms. The van der Waals surface area contributed by atoms with Crippen LogP contribution in [-0.2, 0) is 10.9 Å². The number of hydrogen-bond acceptors (Lipinski definition) is 4. The SMILES string of the molecule is CCOC(=O)c1ccc(C(F)(F)F)nc1/C=C/N(C)C. The van der Waals surface area contributed by atoms with Gasteiger partial charge in [0.1, 0.15) is 5.69 Å². The van der Waals surface area contributed by atoms with Gasteiger partial charge in [-0.3, -0.25) is 0 Å². The summed E-state index contributed by atoms with van der Waals surface area (Å²) < 4.78 is 42.7. The molecule has 110 valence electrons. The molecule has 1 heterocycles. The fourth-order valence-corrected chi connectivity index (χ4v) is 1.36. The third-order valence-electron chi connectivity index (χ3n) is 2.24. The molecule has 0 radical (unpaired) electrons. The summed E-state index contributed by atoms with van der Waals surface area (Å²) in [5, 5.41) is 0. The molecule has 0 saturated carbocycles. The van der Waals surface area contributed by atoms with E-state index in [1.165, 1.54) is 12.3 Å². The summed E-state index contributed by atoms with van der Waals surface area (Å²) in [6.07, 6.45) is -1.72. The fourth-order valence-electron chi connectivity index (χ4n) is 1.36. The highest BCUT2D eigenvalue weighted by atomic mass is 19.4. The number of carbonyl (C=O) groups excluding carboxylic acids is 1. The summed E-state index contributed by atoms with van der Waals surface area (Å²) in [7, 11) is 3.41. The van der Waals surface area contributed by atoms with Gasteiger partial charge in [0.05, 0.1) is 17.9 Å². The number of nitrogens with zero attached hydrogens (tertiary/aromatic N) is 2. The van der Waals surface area contributed by atoms with Crippen molar-refractivity contribution in [3.05, 3.63) is 35.3 Å². The smallest absolute Gasteiger partial charge is 0.433 e. The van der Waals surface area contributed by atoms with E-state index in [4.69, 9.17) is 4.74 Å². The Morgan fingerprint density at radius 1 is 1.40 bits per heavy atom. The number of carbonyl (C=O) groups is 1. The van der Waals surface area contributed by atoms with Gasteiger partial charge < -0.3 is 9.64 Å². The fraction of sp³-hybridized carbons (Fsp3) is 0.385. The Bertz CT molecular complexity index is 511. The van der Waals surface area contributed by atoms with Gasteiger partial charge in [0, 0.05) is 20.3 Å². The lowest BCUT2D eigenvalue weighted by Crippen LogP contribution is -2.13. The molecule has 0 atom stereocenters. The third-order valence-corrected chi connectivity index (χ3v) is 2.24. The van der Waals surface area contributed by atoms with Crippen molar-refractivity contribution in [1.29, 1.82) is 0 Å². The predicted molar refractivity (Wildman–Crippen MR) is 67.9 cm³/mol. The average molecular weight is 288 g/mol. The number of alkyl halides is 3. The van der Waals surface area contributed by atoms with E-state index in [2.05, 4.69) is 4.98 Å². The number of pyridine rings is 1. The third kappa shape index (κ3) is 4.25. The van der Waals surface area contributed by atoms with Crippen LogP contribution in [0.4, 0.5) is 13.2 Å². The van der Waals surface area contributed by atoms with E-state index in [0.29, 0.717) is 0 Å². The number of esters is 1. The van der Waals surface area contributed by atoms with Crippen LogP contribution in [-0.4, -0.2) is 36.6 Å². The first-order chi connectivity index (χ1) is 9.25. The Labute approximate surface area is 114 Å². The second-order valence-electron chi connectivity index (χ2n) is 4.13. The summed E-state index contributed by atoms with van der Waals surface area (Å²) in [6.45, 7) is 1.75. The number of rotatable bonds is 4. The zero-order valence-corrected chi connectivity index (χ0v) is 11.4. The van der Waals surface area contributed by atoms with Crippen molar-refractivity contribution in [3.63, 3.8) is 0 Å². The van der Waals surface area contributed by atoms with Gasteiger partial charge in [-0.05, 0) is 25.1 Å². The Balaban J connectivity index is 3.27. The molecule has 7 heteroatoms. The lowest BCUT2D eigenvalue weighted by molar-refractivity contribution is -0.141. The van der Waals surface area contributed by atoms with Crippen molar-refractivity contribution in [3.8, 4) is 0 Å². The number of ether oxygens (including phenoxy) is 1. The molecule has 0 aliphatic rings. The number of hydrogen-bond donors (Lipinski definition) is 0. The van der Waals surface area contributed by atoms with Gasteiger partial charge in [0.25, 0.3) is 0 Å². The van der Waals surface area contributed by atoms with Crippen LogP contribution in [0.3, 0.4) is 0 Å². The zero-order valence-electron chi connectivity index (χ0n) is 11.4. The molecule has 0 bridgehead atoms. The molecule has 1 rings (SSSR count). The van der Waals surface area contributed by atoms with E-state index in [-0.39, 0.29) is 17.9 Å². The molecule has 0 aliphatic heterocycles. The predicted octanol–water partition coefficient (Wildman–Crippen LogP) is 2.81. The molecule has 1 aromatic rings. The summed E-state index contributed by atoms with van der Waals surface area (Å²) in [6, 6.07) is 1.84. The Hall–Kier alpha value is -2.05. The molecule has 0 N–H and O–H groups in total. The summed E-state index contributed by atoms with van der Waals surface area (Å²) in [5.41, 5.74) is -1.13. The van der Waals surface area contributed by atoms with Crippen molar-refractivity contribution in [2.24, 2.45) is 0 Å². The lowest BCUT2D eigenvalue weighted by Gasteiger charge is -2.10. The number of halogens is 3. The van der Waals surface area contributed by atoms with Crippen molar-refractivity contribution < 1.29 is 22.7 Å². The second kappa shape index (κ2) is 6.40. The van der Waals surface area contributed by atoms with Crippen LogP contribution >= 0.6 is 0 Å². The minimum Gasteiger partial charge on any atom is -0.462 e. The maximum absolute atomic E-state index is 12.6. The summed E-state index contributed by atoms with van der Waals surface area (Å²) >= 11 is 0. The van der Waals surface area contributed by atoms with Gasteiger partial charge in [-0.25, -0.2) is 9.78 Å². The van der Waals surface area contributed by atoms with E-state index in [0.717, 1.165) is 12.1 Å². The van der Waals surface area contributed by atoms with E-state index >= 15 is 0 Å². The Morgan fingerprint density at radius 2 is 2.05 bits per heavy atom. The molecule has 1 aromatic heterocycles. The number of aromatic nitrogens is 1. The van der Waals surface area contributed by atoms with Crippen LogP contribution in [0.5, 0.6) is 0 Å². The highest BCUT2D eigenvalue weighted by molar-refractivity contribution is 5.92. The van der Waals surface area contributed by atoms with E-state index in [1.807, 2.05) is 0 Å². The normalized spacial score (nSPS) is 11.7. The first-order valence-corrected chi connectivity index (χ1v) is 5.85. The molecule has 0 fully saturated rings. The average Bonchev–Trinajstić information content (AvgIpc) is 2.35. The van der Waals surface area contributed by atoms with Gasteiger partial charge in [-0.2, -0.15) is 13.2 Å². The van der Waals surface area contributed by atoms with Crippen molar-refractivity contribution >= 4 is 12.0 Å². The molecule has 0 aliphatic carbocycles.